The molecule has 0 saturated carbocycles. The molecule has 54 heavy (non-hydrogen) atoms. The SMILES string of the molecule is O=C1C(=O)c2c(-c3ccc(N(c4ccccc4)c4ccccc4)cc3)ccnc2-c2nc(-c3ccc(N(c4ccccc4)c4ccccc4)cc3)ccc21. The first kappa shape index (κ1) is 32.5. The number of rotatable bonds is 8. The van der Waals surface area contributed by atoms with Gasteiger partial charge in [0.1, 0.15) is 11.4 Å². The van der Waals surface area contributed by atoms with Crippen LogP contribution in [0.1, 0.15) is 20.7 Å². The van der Waals surface area contributed by atoms with E-state index >= 15 is 0 Å². The number of aromatic nitrogens is 2. The van der Waals surface area contributed by atoms with E-state index in [1.165, 1.54) is 0 Å². The molecule has 8 aromatic rings. The first-order chi connectivity index (χ1) is 26.6. The van der Waals surface area contributed by atoms with E-state index in [1.807, 2.05) is 109 Å². The third kappa shape index (κ3) is 5.91. The molecule has 6 heteroatoms. The number of hydrogen-bond acceptors (Lipinski definition) is 6. The Morgan fingerprint density at radius 1 is 0.352 bits per heavy atom. The second-order valence-electron chi connectivity index (χ2n) is 12.9. The zero-order valence-electron chi connectivity index (χ0n) is 29.1. The number of para-hydroxylation sites is 4. The lowest BCUT2D eigenvalue weighted by atomic mass is 9.85. The maximum Gasteiger partial charge on any atom is 0.236 e. The Morgan fingerprint density at radius 3 is 1.24 bits per heavy atom. The van der Waals surface area contributed by atoms with Crippen molar-refractivity contribution in [2.24, 2.45) is 0 Å². The molecule has 6 nitrogen and oxygen atoms in total. The highest BCUT2D eigenvalue weighted by molar-refractivity contribution is 6.53. The predicted molar refractivity (Wildman–Crippen MR) is 216 cm³/mol. The molecule has 0 spiro atoms. The summed E-state index contributed by atoms with van der Waals surface area (Å²) in [6.07, 6.45) is 1.68. The average molecular weight is 697 g/mol. The molecule has 0 amide bonds. The predicted octanol–water partition coefficient (Wildman–Crippen LogP) is 11.8. The number of anilines is 6. The van der Waals surface area contributed by atoms with E-state index in [9.17, 15) is 9.59 Å². The fraction of sp³-hybridized carbons (Fsp3) is 0. The van der Waals surface area contributed by atoms with Gasteiger partial charge in [0, 0.05) is 45.9 Å². The number of carbonyl (C=O) groups excluding carboxylic acids is 2. The number of Topliss-reactive ketones (excluding diaryl/α,β-unsaturated/α-hetero) is 2. The number of carbonyl (C=O) groups is 2. The smallest absolute Gasteiger partial charge is 0.236 e. The Bertz CT molecular complexity index is 2530. The molecule has 0 bridgehead atoms. The highest BCUT2D eigenvalue weighted by atomic mass is 16.2. The quantitative estimate of drug-likeness (QED) is 0.147. The average Bonchev–Trinajstić information content (AvgIpc) is 3.25. The van der Waals surface area contributed by atoms with Gasteiger partial charge in [-0.1, -0.05) is 97.1 Å². The van der Waals surface area contributed by atoms with E-state index in [2.05, 4.69) is 75.4 Å². The van der Waals surface area contributed by atoms with Gasteiger partial charge in [-0.25, -0.2) is 4.98 Å². The van der Waals surface area contributed by atoms with Gasteiger partial charge in [-0.3, -0.25) is 14.6 Å². The molecular weight excluding hydrogens is 665 g/mol. The highest BCUT2D eigenvalue weighted by Gasteiger charge is 2.35. The van der Waals surface area contributed by atoms with Crippen LogP contribution < -0.4 is 9.80 Å². The van der Waals surface area contributed by atoms with Crippen molar-refractivity contribution in [1.82, 2.24) is 9.97 Å². The number of benzene rings is 6. The molecule has 0 N–H and O–H groups in total. The Hall–Kier alpha value is -7.44. The van der Waals surface area contributed by atoms with E-state index in [0.29, 0.717) is 22.6 Å². The molecule has 0 radical (unpaired) electrons. The summed E-state index contributed by atoms with van der Waals surface area (Å²) < 4.78 is 0. The van der Waals surface area contributed by atoms with Crippen molar-refractivity contribution in [3.05, 3.63) is 205 Å². The summed E-state index contributed by atoms with van der Waals surface area (Å²) in [4.78, 5) is 41.4. The fourth-order valence-electron chi connectivity index (χ4n) is 7.11. The van der Waals surface area contributed by atoms with Crippen LogP contribution in [0.2, 0.25) is 0 Å². The third-order valence-corrected chi connectivity index (χ3v) is 9.66. The number of nitrogens with zero attached hydrogens (tertiary/aromatic N) is 4. The van der Waals surface area contributed by atoms with E-state index in [4.69, 9.17) is 4.98 Å². The van der Waals surface area contributed by atoms with Crippen molar-refractivity contribution in [2.75, 3.05) is 9.80 Å². The van der Waals surface area contributed by atoms with Crippen molar-refractivity contribution >= 4 is 45.7 Å². The monoisotopic (exact) mass is 696 g/mol. The summed E-state index contributed by atoms with van der Waals surface area (Å²) in [6, 6.07) is 62.3. The molecule has 1 aliphatic carbocycles. The van der Waals surface area contributed by atoms with Gasteiger partial charge >= 0.3 is 0 Å². The van der Waals surface area contributed by atoms with Gasteiger partial charge in [-0.05, 0) is 102 Å². The number of pyridine rings is 2. The summed E-state index contributed by atoms with van der Waals surface area (Å²) >= 11 is 0. The first-order valence-electron chi connectivity index (χ1n) is 17.7. The van der Waals surface area contributed by atoms with E-state index < -0.39 is 11.6 Å². The van der Waals surface area contributed by atoms with Gasteiger partial charge in [0.2, 0.25) is 11.6 Å². The molecule has 9 rings (SSSR count). The summed E-state index contributed by atoms with van der Waals surface area (Å²) in [6.45, 7) is 0. The second-order valence-corrected chi connectivity index (χ2v) is 12.9. The lowest BCUT2D eigenvalue weighted by molar-refractivity contribution is 0.0815. The summed E-state index contributed by atoms with van der Waals surface area (Å²) in [5, 5.41) is 0. The number of fused-ring (bicyclic) bond motifs is 3. The van der Waals surface area contributed by atoms with Crippen molar-refractivity contribution < 1.29 is 9.59 Å². The molecule has 0 aliphatic heterocycles. The summed E-state index contributed by atoms with van der Waals surface area (Å²) in [7, 11) is 0. The maximum absolute atomic E-state index is 13.8. The standard InChI is InChI=1S/C48H32N4O2/c53-47-42-29-30-43(34-23-27-40(28-24-34)52(37-17-9-3-10-18-37)38-19-11-4-12-20-38)50-45(42)46-44(48(47)54)41(31-32-49-46)33-21-25-39(26-22-33)51(35-13-5-1-6-14-35)36-15-7-2-8-16-36/h1-32H. The zero-order valence-corrected chi connectivity index (χ0v) is 29.1. The van der Waals surface area contributed by atoms with Crippen molar-refractivity contribution in [3.63, 3.8) is 0 Å². The van der Waals surface area contributed by atoms with Crippen LogP contribution in [0.5, 0.6) is 0 Å². The van der Waals surface area contributed by atoms with Crippen LogP contribution in [-0.4, -0.2) is 21.5 Å². The summed E-state index contributed by atoms with van der Waals surface area (Å²) in [5.74, 6) is -1.17. The zero-order chi connectivity index (χ0) is 36.4. The molecule has 0 atom stereocenters. The van der Waals surface area contributed by atoms with E-state index in [0.717, 1.165) is 45.3 Å². The van der Waals surface area contributed by atoms with Gasteiger partial charge < -0.3 is 9.80 Å². The van der Waals surface area contributed by atoms with Crippen LogP contribution in [0.15, 0.2) is 194 Å². The Kier molecular flexibility index (Phi) is 8.38. The van der Waals surface area contributed by atoms with Crippen molar-refractivity contribution in [3.8, 4) is 33.8 Å². The Balaban J connectivity index is 1.07. The fourth-order valence-corrected chi connectivity index (χ4v) is 7.11. The normalized spacial score (nSPS) is 11.8. The highest BCUT2D eigenvalue weighted by Crippen LogP contribution is 2.40. The third-order valence-electron chi connectivity index (χ3n) is 9.66. The van der Waals surface area contributed by atoms with Gasteiger partial charge in [0.25, 0.3) is 0 Å². The van der Waals surface area contributed by atoms with Crippen LogP contribution in [-0.2, 0) is 0 Å². The van der Waals surface area contributed by atoms with Gasteiger partial charge in [-0.15, -0.1) is 0 Å². The van der Waals surface area contributed by atoms with Crippen molar-refractivity contribution in [2.45, 2.75) is 0 Å². The first-order valence-corrected chi connectivity index (χ1v) is 17.7. The molecule has 0 saturated heterocycles. The molecule has 0 fully saturated rings. The molecule has 0 unspecified atom stereocenters. The van der Waals surface area contributed by atoms with Crippen LogP contribution in [0.4, 0.5) is 34.1 Å². The second kappa shape index (κ2) is 13.9. The van der Waals surface area contributed by atoms with Gasteiger partial charge in [0.15, 0.2) is 0 Å². The van der Waals surface area contributed by atoms with Crippen LogP contribution in [0.25, 0.3) is 33.8 Å². The van der Waals surface area contributed by atoms with Crippen LogP contribution in [0, 0.1) is 0 Å². The van der Waals surface area contributed by atoms with Gasteiger partial charge in [-0.2, -0.15) is 0 Å². The van der Waals surface area contributed by atoms with Crippen LogP contribution >= 0.6 is 0 Å². The lowest BCUT2D eigenvalue weighted by Gasteiger charge is -2.26. The largest absolute Gasteiger partial charge is 0.311 e. The number of ketones is 2. The van der Waals surface area contributed by atoms with Crippen LogP contribution in [0.3, 0.4) is 0 Å². The molecule has 256 valence electrons. The maximum atomic E-state index is 13.8. The van der Waals surface area contributed by atoms with Gasteiger partial charge in [0.05, 0.1) is 16.8 Å². The minimum atomic E-state index is -0.585. The Morgan fingerprint density at radius 2 is 0.778 bits per heavy atom. The van der Waals surface area contributed by atoms with Crippen molar-refractivity contribution in [1.29, 1.82) is 0 Å². The molecule has 1 aliphatic rings. The molecule has 6 aromatic carbocycles. The lowest BCUT2D eigenvalue weighted by Crippen LogP contribution is -2.23. The molecule has 2 aromatic heterocycles. The molecule has 2 heterocycles. The van der Waals surface area contributed by atoms with E-state index in [-0.39, 0.29) is 11.1 Å². The minimum Gasteiger partial charge on any atom is -0.311 e. The van der Waals surface area contributed by atoms with E-state index in [1.54, 1.807) is 24.4 Å². The molecular formula is C48H32N4O2. The number of hydrogen-bond donors (Lipinski definition) is 0. The topological polar surface area (TPSA) is 66.4 Å². The Labute approximate surface area is 313 Å². The minimum absolute atomic E-state index is 0.258. The summed E-state index contributed by atoms with van der Waals surface area (Å²) in [5.41, 5.74) is 10.4.